The van der Waals surface area contributed by atoms with Crippen molar-refractivity contribution in [2.24, 2.45) is 0 Å². The van der Waals surface area contributed by atoms with Crippen LogP contribution in [0.4, 0.5) is 0 Å². The predicted octanol–water partition coefficient (Wildman–Crippen LogP) is 3.07. The van der Waals surface area contributed by atoms with Crippen molar-refractivity contribution in [3.8, 4) is 0 Å². The summed E-state index contributed by atoms with van der Waals surface area (Å²) in [5.41, 5.74) is 3.26. The molecule has 28 heavy (non-hydrogen) atoms. The van der Waals surface area contributed by atoms with Crippen LogP contribution in [0.25, 0.3) is 0 Å². The zero-order chi connectivity index (χ0) is 20.3. The Balaban J connectivity index is 1.75. The summed E-state index contributed by atoms with van der Waals surface area (Å²) in [6.07, 6.45) is 0.694. The first-order valence-corrected chi connectivity index (χ1v) is 9.48. The number of hydrogen-bond donors (Lipinski definition) is 1. The molecule has 3 rings (SSSR count). The second-order valence-electron chi connectivity index (χ2n) is 6.82. The van der Waals surface area contributed by atoms with Gasteiger partial charge in [0.05, 0.1) is 5.56 Å². The van der Waals surface area contributed by atoms with E-state index in [1.54, 1.807) is 46.2 Å². The van der Waals surface area contributed by atoms with Gasteiger partial charge in [-0.25, -0.2) is 4.79 Å². The van der Waals surface area contributed by atoms with Gasteiger partial charge in [0.2, 0.25) is 0 Å². The molecule has 6 heteroatoms. The fraction of sp³-hybridized carbons (Fsp3) is 0.318. The van der Waals surface area contributed by atoms with Crippen molar-refractivity contribution in [2.45, 2.75) is 26.8 Å². The quantitative estimate of drug-likeness (QED) is 0.865. The lowest BCUT2D eigenvalue weighted by Crippen LogP contribution is -2.36. The van der Waals surface area contributed by atoms with Crippen LogP contribution < -0.4 is 0 Å². The highest BCUT2D eigenvalue weighted by Gasteiger charge is 2.23. The number of carbonyl (C=O) groups excluding carboxylic acids is 2. The van der Waals surface area contributed by atoms with E-state index in [1.165, 1.54) is 0 Å². The Labute approximate surface area is 164 Å². The van der Waals surface area contributed by atoms with Crippen LogP contribution >= 0.6 is 0 Å². The summed E-state index contributed by atoms with van der Waals surface area (Å²) in [5, 5.41) is 9.17. The minimum absolute atomic E-state index is 0.0444. The number of amides is 2. The molecule has 0 aromatic heterocycles. The third kappa shape index (κ3) is 3.91. The highest BCUT2D eigenvalue weighted by atomic mass is 16.4. The largest absolute Gasteiger partial charge is 0.478 e. The maximum Gasteiger partial charge on any atom is 0.335 e. The molecule has 2 amide bonds. The SMILES string of the molecule is CCN(CC)C(=O)c1ccc(C(=O)N2CCc3ccc(C(=O)O)cc3C2)cc1. The van der Waals surface area contributed by atoms with Gasteiger partial charge in [-0.3, -0.25) is 9.59 Å². The molecule has 0 spiro atoms. The fourth-order valence-corrected chi connectivity index (χ4v) is 3.49. The number of rotatable bonds is 5. The molecule has 0 saturated carbocycles. The summed E-state index contributed by atoms with van der Waals surface area (Å²) in [4.78, 5) is 39.9. The summed E-state index contributed by atoms with van der Waals surface area (Å²) in [5.74, 6) is -1.13. The van der Waals surface area contributed by atoms with E-state index >= 15 is 0 Å². The van der Waals surface area contributed by atoms with Crippen molar-refractivity contribution in [1.29, 1.82) is 0 Å². The van der Waals surface area contributed by atoms with E-state index in [1.807, 2.05) is 19.9 Å². The second-order valence-corrected chi connectivity index (χ2v) is 6.82. The third-order valence-corrected chi connectivity index (χ3v) is 5.18. The summed E-state index contributed by atoms with van der Waals surface area (Å²) in [6, 6.07) is 11.8. The van der Waals surface area contributed by atoms with E-state index in [9.17, 15) is 19.5 Å². The molecule has 0 aliphatic carbocycles. The zero-order valence-electron chi connectivity index (χ0n) is 16.1. The number of aromatic carboxylic acids is 1. The molecule has 2 aromatic carbocycles. The van der Waals surface area contributed by atoms with Crippen molar-refractivity contribution in [3.05, 3.63) is 70.3 Å². The van der Waals surface area contributed by atoms with Crippen LogP contribution in [0.15, 0.2) is 42.5 Å². The third-order valence-electron chi connectivity index (χ3n) is 5.18. The van der Waals surface area contributed by atoms with E-state index < -0.39 is 5.97 Å². The Kier molecular flexibility index (Phi) is 5.78. The molecule has 0 radical (unpaired) electrons. The van der Waals surface area contributed by atoms with Crippen LogP contribution in [0.2, 0.25) is 0 Å². The Bertz CT molecular complexity index is 901. The summed E-state index contributed by atoms with van der Waals surface area (Å²) < 4.78 is 0. The molecule has 0 saturated heterocycles. The van der Waals surface area contributed by atoms with Gasteiger partial charge in [-0.05, 0) is 67.8 Å². The number of hydrogen-bond acceptors (Lipinski definition) is 3. The van der Waals surface area contributed by atoms with Crippen molar-refractivity contribution >= 4 is 17.8 Å². The standard InChI is InChI=1S/C22H24N2O4/c1-3-23(4-2)20(25)16-6-8-17(9-7-16)21(26)24-12-11-15-5-10-18(22(27)28)13-19(15)14-24/h5-10,13H,3-4,11-12,14H2,1-2H3,(H,27,28). The van der Waals surface area contributed by atoms with Gasteiger partial charge in [0.1, 0.15) is 0 Å². The highest BCUT2D eigenvalue weighted by Crippen LogP contribution is 2.22. The number of benzene rings is 2. The van der Waals surface area contributed by atoms with E-state index in [0.29, 0.717) is 43.7 Å². The van der Waals surface area contributed by atoms with Gasteiger partial charge in [-0.1, -0.05) is 6.07 Å². The van der Waals surface area contributed by atoms with Crippen LogP contribution in [0.1, 0.15) is 56.0 Å². The molecule has 0 unspecified atom stereocenters. The molecular formula is C22H24N2O4. The van der Waals surface area contributed by atoms with Crippen LogP contribution in [0.5, 0.6) is 0 Å². The Morgan fingerprint density at radius 2 is 1.54 bits per heavy atom. The molecule has 0 bridgehead atoms. The monoisotopic (exact) mass is 380 g/mol. The number of carbonyl (C=O) groups is 3. The van der Waals surface area contributed by atoms with Crippen LogP contribution in [0.3, 0.4) is 0 Å². The first-order valence-electron chi connectivity index (χ1n) is 9.48. The Morgan fingerprint density at radius 1 is 0.929 bits per heavy atom. The number of nitrogens with zero attached hydrogens (tertiary/aromatic N) is 2. The van der Waals surface area contributed by atoms with Crippen LogP contribution in [0, 0.1) is 0 Å². The maximum atomic E-state index is 12.9. The number of carboxylic acid groups (broad SMARTS) is 1. The Morgan fingerprint density at radius 3 is 2.14 bits per heavy atom. The number of fused-ring (bicyclic) bond motifs is 1. The predicted molar refractivity (Wildman–Crippen MR) is 106 cm³/mol. The fourth-order valence-electron chi connectivity index (χ4n) is 3.49. The van der Waals surface area contributed by atoms with E-state index in [-0.39, 0.29) is 17.4 Å². The normalized spacial score (nSPS) is 13.0. The lowest BCUT2D eigenvalue weighted by molar-refractivity contribution is 0.0695. The smallest absolute Gasteiger partial charge is 0.335 e. The van der Waals surface area contributed by atoms with Gasteiger partial charge in [-0.15, -0.1) is 0 Å². The molecule has 6 nitrogen and oxygen atoms in total. The number of carboxylic acids is 1. The van der Waals surface area contributed by atoms with Crippen molar-refractivity contribution in [3.63, 3.8) is 0 Å². The molecular weight excluding hydrogens is 356 g/mol. The van der Waals surface area contributed by atoms with Gasteiger partial charge >= 0.3 is 5.97 Å². The Hall–Kier alpha value is -3.15. The van der Waals surface area contributed by atoms with E-state index in [4.69, 9.17) is 0 Å². The van der Waals surface area contributed by atoms with Crippen molar-refractivity contribution < 1.29 is 19.5 Å². The molecule has 1 N–H and O–H groups in total. The minimum atomic E-state index is -0.972. The van der Waals surface area contributed by atoms with Gasteiger partial charge in [-0.2, -0.15) is 0 Å². The molecule has 0 atom stereocenters. The summed E-state index contributed by atoms with van der Waals surface area (Å²) in [7, 11) is 0. The highest BCUT2D eigenvalue weighted by molar-refractivity contribution is 5.98. The van der Waals surface area contributed by atoms with Gasteiger partial charge < -0.3 is 14.9 Å². The lowest BCUT2D eigenvalue weighted by atomic mass is 9.96. The molecule has 1 heterocycles. The van der Waals surface area contributed by atoms with Crippen molar-refractivity contribution in [1.82, 2.24) is 9.80 Å². The van der Waals surface area contributed by atoms with Crippen molar-refractivity contribution in [2.75, 3.05) is 19.6 Å². The topological polar surface area (TPSA) is 77.9 Å². The molecule has 1 aliphatic heterocycles. The van der Waals surface area contributed by atoms with Gasteiger partial charge in [0, 0.05) is 37.3 Å². The first kappa shape index (κ1) is 19.6. The molecule has 1 aliphatic rings. The van der Waals surface area contributed by atoms with E-state index in [2.05, 4.69) is 0 Å². The molecule has 0 fully saturated rings. The van der Waals surface area contributed by atoms with Crippen LogP contribution in [-0.2, 0) is 13.0 Å². The van der Waals surface area contributed by atoms with Gasteiger partial charge in [0.25, 0.3) is 11.8 Å². The second kappa shape index (κ2) is 8.25. The summed E-state index contributed by atoms with van der Waals surface area (Å²) >= 11 is 0. The summed E-state index contributed by atoms with van der Waals surface area (Å²) in [6.45, 7) is 6.11. The zero-order valence-corrected chi connectivity index (χ0v) is 16.1. The van der Waals surface area contributed by atoms with Gasteiger partial charge in [0.15, 0.2) is 0 Å². The average molecular weight is 380 g/mol. The minimum Gasteiger partial charge on any atom is -0.478 e. The maximum absolute atomic E-state index is 12.9. The lowest BCUT2D eigenvalue weighted by Gasteiger charge is -2.29. The first-order chi connectivity index (χ1) is 13.4. The molecule has 146 valence electrons. The van der Waals surface area contributed by atoms with Crippen LogP contribution in [-0.4, -0.2) is 52.3 Å². The average Bonchev–Trinajstić information content (AvgIpc) is 2.73. The van der Waals surface area contributed by atoms with E-state index in [0.717, 1.165) is 11.1 Å². The molecule has 2 aromatic rings.